The number of methoxy groups -OCH3 is 1. The molecule has 3 rings (SSSR count). The summed E-state index contributed by atoms with van der Waals surface area (Å²) < 4.78 is 6.16. The molecule has 1 fully saturated rings. The molecule has 0 bridgehead atoms. The molecule has 0 unspecified atom stereocenters. The molecule has 5 heteroatoms. The number of benzene rings is 1. The lowest BCUT2D eigenvalue weighted by Crippen LogP contribution is -2.31. The van der Waals surface area contributed by atoms with Gasteiger partial charge in [-0.15, -0.1) is 0 Å². The van der Waals surface area contributed by atoms with E-state index in [1.807, 2.05) is 24.5 Å². The maximum Gasteiger partial charge on any atom is 0.145 e. The topological polar surface area (TPSA) is 38.2 Å². The lowest BCUT2D eigenvalue weighted by molar-refractivity contribution is 0.195. The number of aromatic nitrogens is 2. The second-order valence-electron chi connectivity index (χ2n) is 6.19. The summed E-state index contributed by atoms with van der Waals surface area (Å²) in [6, 6.07) is 9.19. The average molecular weight is 376 g/mol. The van der Waals surface area contributed by atoms with Crippen molar-refractivity contribution in [3.8, 4) is 5.75 Å². The third-order valence-electron chi connectivity index (χ3n) is 4.72. The Morgan fingerprint density at radius 1 is 1.22 bits per heavy atom. The van der Waals surface area contributed by atoms with Crippen molar-refractivity contribution in [3.63, 3.8) is 0 Å². The maximum atomic E-state index is 5.25. The molecule has 23 heavy (non-hydrogen) atoms. The van der Waals surface area contributed by atoms with Crippen LogP contribution in [0.15, 0.2) is 41.1 Å². The van der Waals surface area contributed by atoms with Crippen molar-refractivity contribution in [3.05, 3.63) is 52.5 Å². The molecular formula is C18H22BrN3O. The molecule has 122 valence electrons. The number of hydrogen-bond acceptors (Lipinski definition) is 4. The molecule has 1 aromatic heterocycles. The van der Waals surface area contributed by atoms with E-state index in [2.05, 4.69) is 56.8 Å². The van der Waals surface area contributed by atoms with Gasteiger partial charge in [0.2, 0.25) is 0 Å². The van der Waals surface area contributed by atoms with Crippen LogP contribution in [-0.4, -0.2) is 34.6 Å². The standard InChI is InChI=1S/C18H22BrN3O/c1-12-8-15(14-4-6-17(23-3)7-5-14)11-22(12)13(2)18-20-9-16(19)10-21-18/h4-7,9-10,12-13,15H,8,11H2,1-3H3/t12-,13+,15-/m1/s1. The molecule has 4 nitrogen and oxygen atoms in total. The fraction of sp³-hybridized carbons (Fsp3) is 0.444. The summed E-state index contributed by atoms with van der Waals surface area (Å²) in [4.78, 5) is 11.4. The van der Waals surface area contributed by atoms with Crippen LogP contribution in [0.5, 0.6) is 5.75 Å². The number of likely N-dealkylation sites (tertiary alicyclic amines) is 1. The molecule has 0 spiro atoms. The van der Waals surface area contributed by atoms with Gasteiger partial charge in [0.15, 0.2) is 0 Å². The highest BCUT2D eigenvalue weighted by Crippen LogP contribution is 2.36. The maximum absolute atomic E-state index is 5.25. The van der Waals surface area contributed by atoms with Crippen LogP contribution >= 0.6 is 15.9 Å². The van der Waals surface area contributed by atoms with Gasteiger partial charge in [0.1, 0.15) is 11.6 Å². The fourth-order valence-electron chi connectivity index (χ4n) is 3.40. The minimum absolute atomic E-state index is 0.223. The van der Waals surface area contributed by atoms with Crippen LogP contribution in [0.25, 0.3) is 0 Å². The normalized spacial score (nSPS) is 23.0. The van der Waals surface area contributed by atoms with Crippen LogP contribution in [-0.2, 0) is 0 Å². The summed E-state index contributed by atoms with van der Waals surface area (Å²) in [6.45, 7) is 5.52. The first-order chi connectivity index (χ1) is 11.1. The molecule has 0 N–H and O–H groups in total. The Hall–Kier alpha value is -1.46. The summed E-state index contributed by atoms with van der Waals surface area (Å²) >= 11 is 3.39. The molecule has 0 aliphatic carbocycles. The van der Waals surface area contributed by atoms with Crippen LogP contribution in [0, 0.1) is 0 Å². The van der Waals surface area contributed by atoms with E-state index in [1.54, 1.807) is 7.11 Å². The number of hydrogen-bond donors (Lipinski definition) is 0. The zero-order valence-electron chi connectivity index (χ0n) is 13.7. The Labute approximate surface area is 146 Å². The van der Waals surface area contributed by atoms with Gasteiger partial charge in [0.05, 0.1) is 17.6 Å². The first kappa shape index (κ1) is 16.4. The zero-order valence-corrected chi connectivity index (χ0v) is 15.3. The van der Waals surface area contributed by atoms with E-state index in [-0.39, 0.29) is 6.04 Å². The molecule has 1 aliphatic heterocycles. The molecule has 1 saturated heterocycles. The lowest BCUT2D eigenvalue weighted by Gasteiger charge is -2.27. The van der Waals surface area contributed by atoms with Gasteiger partial charge in [0, 0.05) is 25.0 Å². The summed E-state index contributed by atoms with van der Waals surface area (Å²) in [5, 5.41) is 0. The van der Waals surface area contributed by atoms with Gasteiger partial charge >= 0.3 is 0 Å². The van der Waals surface area contributed by atoms with Crippen LogP contribution in [0.4, 0.5) is 0 Å². The summed E-state index contributed by atoms with van der Waals surface area (Å²) in [5.41, 5.74) is 1.38. The monoisotopic (exact) mass is 375 g/mol. The Morgan fingerprint density at radius 3 is 2.48 bits per heavy atom. The Morgan fingerprint density at radius 2 is 1.87 bits per heavy atom. The largest absolute Gasteiger partial charge is 0.497 e. The van der Waals surface area contributed by atoms with Crippen LogP contribution in [0.1, 0.15) is 43.6 Å². The summed E-state index contributed by atoms with van der Waals surface area (Å²) in [7, 11) is 1.70. The molecule has 2 aromatic rings. The van der Waals surface area contributed by atoms with E-state index < -0.39 is 0 Å². The van der Waals surface area contributed by atoms with Gasteiger partial charge in [-0.1, -0.05) is 12.1 Å². The molecular weight excluding hydrogens is 354 g/mol. The van der Waals surface area contributed by atoms with E-state index >= 15 is 0 Å². The number of nitrogens with zero attached hydrogens (tertiary/aromatic N) is 3. The third kappa shape index (κ3) is 3.56. The number of ether oxygens (including phenoxy) is 1. The highest BCUT2D eigenvalue weighted by Gasteiger charge is 2.34. The second-order valence-corrected chi connectivity index (χ2v) is 7.10. The van der Waals surface area contributed by atoms with E-state index in [0.29, 0.717) is 12.0 Å². The second kappa shape index (κ2) is 6.97. The van der Waals surface area contributed by atoms with Gasteiger partial charge in [-0.2, -0.15) is 0 Å². The smallest absolute Gasteiger partial charge is 0.145 e. The van der Waals surface area contributed by atoms with E-state index in [1.165, 1.54) is 5.56 Å². The van der Waals surface area contributed by atoms with E-state index in [0.717, 1.165) is 29.0 Å². The quantitative estimate of drug-likeness (QED) is 0.802. The Kier molecular flexibility index (Phi) is 4.97. The average Bonchev–Trinajstić information content (AvgIpc) is 2.97. The third-order valence-corrected chi connectivity index (χ3v) is 5.13. The fourth-order valence-corrected chi connectivity index (χ4v) is 3.60. The van der Waals surface area contributed by atoms with Gasteiger partial charge in [-0.05, 0) is 59.8 Å². The van der Waals surface area contributed by atoms with Crippen LogP contribution in [0.2, 0.25) is 0 Å². The van der Waals surface area contributed by atoms with Gasteiger partial charge in [-0.3, -0.25) is 4.90 Å². The Bertz CT molecular complexity index is 644. The lowest BCUT2D eigenvalue weighted by atomic mass is 9.97. The van der Waals surface area contributed by atoms with Crippen molar-refractivity contribution >= 4 is 15.9 Å². The van der Waals surface area contributed by atoms with Crippen molar-refractivity contribution in [1.82, 2.24) is 14.9 Å². The zero-order chi connectivity index (χ0) is 16.4. The molecule has 0 radical (unpaired) electrons. The Balaban J connectivity index is 1.73. The number of halogens is 1. The van der Waals surface area contributed by atoms with E-state index in [4.69, 9.17) is 4.74 Å². The highest BCUT2D eigenvalue weighted by molar-refractivity contribution is 9.10. The molecule has 3 atom stereocenters. The van der Waals surface area contributed by atoms with Crippen molar-refractivity contribution in [2.45, 2.75) is 38.3 Å². The SMILES string of the molecule is COc1ccc([C@@H]2C[C@@H](C)N([C@@H](C)c3ncc(Br)cn3)C2)cc1. The predicted octanol–water partition coefficient (Wildman–Crippen LogP) is 4.19. The molecule has 0 saturated carbocycles. The minimum atomic E-state index is 0.223. The summed E-state index contributed by atoms with van der Waals surface area (Å²) in [5.74, 6) is 2.34. The van der Waals surface area contributed by atoms with Crippen LogP contribution in [0.3, 0.4) is 0 Å². The van der Waals surface area contributed by atoms with Crippen molar-refractivity contribution < 1.29 is 4.74 Å². The van der Waals surface area contributed by atoms with Crippen molar-refractivity contribution in [1.29, 1.82) is 0 Å². The molecule has 0 amide bonds. The van der Waals surface area contributed by atoms with E-state index in [9.17, 15) is 0 Å². The highest BCUT2D eigenvalue weighted by atomic mass is 79.9. The predicted molar refractivity (Wildman–Crippen MR) is 94.7 cm³/mol. The minimum Gasteiger partial charge on any atom is -0.497 e. The summed E-state index contributed by atoms with van der Waals surface area (Å²) in [6.07, 6.45) is 4.80. The van der Waals surface area contributed by atoms with Crippen molar-refractivity contribution in [2.24, 2.45) is 0 Å². The molecule has 2 heterocycles. The van der Waals surface area contributed by atoms with Crippen LogP contribution < -0.4 is 4.74 Å². The van der Waals surface area contributed by atoms with Gasteiger partial charge in [-0.25, -0.2) is 9.97 Å². The molecule has 1 aliphatic rings. The molecule has 1 aromatic carbocycles. The van der Waals surface area contributed by atoms with Crippen molar-refractivity contribution in [2.75, 3.05) is 13.7 Å². The number of rotatable bonds is 4. The first-order valence-corrected chi connectivity index (χ1v) is 8.75. The first-order valence-electron chi connectivity index (χ1n) is 7.95. The van der Waals surface area contributed by atoms with Gasteiger partial charge in [0.25, 0.3) is 0 Å². The van der Waals surface area contributed by atoms with Gasteiger partial charge < -0.3 is 4.74 Å².